The smallest absolute Gasteiger partial charge is 0.339 e. The summed E-state index contributed by atoms with van der Waals surface area (Å²) >= 11 is 3.64. The van der Waals surface area contributed by atoms with Gasteiger partial charge in [-0.2, -0.15) is 0 Å². The maximum atomic E-state index is 11.4. The quantitative estimate of drug-likeness (QED) is 0.599. The molecule has 0 aliphatic carbocycles. The zero-order valence-corrected chi connectivity index (χ0v) is 10.3. The summed E-state index contributed by atoms with van der Waals surface area (Å²) in [6.07, 6.45) is 0. The van der Waals surface area contributed by atoms with Crippen LogP contribution in [0.1, 0.15) is 10.4 Å². The molecular weight excluding hydrogens is 313 g/mol. The van der Waals surface area contributed by atoms with E-state index in [0.717, 1.165) is 13.2 Å². The summed E-state index contributed by atoms with van der Waals surface area (Å²) in [5.74, 6) is -0.310. The minimum Gasteiger partial charge on any atom is -0.465 e. The van der Waals surface area contributed by atoms with Gasteiger partial charge >= 0.3 is 5.97 Å². The lowest BCUT2D eigenvalue weighted by molar-refractivity contribution is 0.0603. The molecule has 0 amide bonds. The average molecular weight is 319 g/mol. The van der Waals surface area contributed by atoms with Crippen LogP contribution in [0, 0.1) is 3.01 Å². The van der Waals surface area contributed by atoms with E-state index >= 15 is 0 Å². The highest BCUT2D eigenvalue weighted by atomic mass is 127. The molecular formula is C9H6INO2S. The maximum Gasteiger partial charge on any atom is 0.339 e. The van der Waals surface area contributed by atoms with E-state index < -0.39 is 0 Å². The molecule has 2 rings (SSSR count). The monoisotopic (exact) mass is 319 g/mol. The van der Waals surface area contributed by atoms with Crippen molar-refractivity contribution in [3.8, 4) is 0 Å². The molecule has 14 heavy (non-hydrogen) atoms. The summed E-state index contributed by atoms with van der Waals surface area (Å²) in [5.41, 5.74) is 1.44. The number of ether oxygens (including phenoxy) is 1. The normalized spacial score (nSPS) is 10.4. The fourth-order valence-corrected chi connectivity index (χ4v) is 2.91. The first-order chi connectivity index (χ1) is 6.72. The van der Waals surface area contributed by atoms with Gasteiger partial charge in [0, 0.05) is 0 Å². The highest BCUT2D eigenvalue weighted by molar-refractivity contribution is 14.1. The van der Waals surface area contributed by atoms with Gasteiger partial charge in [0.1, 0.15) is 0 Å². The number of benzene rings is 1. The molecule has 5 heteroatoms. The number of carbonyl (C=O) groups excluding carboxylic acids is 1. The van der Waals surface area contributed by atoms with Gasteiger partial charge in [-0.3, -0.25) is 0 Å². The molecule has 0 saturated heterocycles. The fourth-order valence-electron chi connectivity index (χ4n) is 1.19. The van der Waals surface area contributed by atoms with Gasteiger partial charge in [0.2, 0.25) is 0 Å². The van der Waals surface area contributed by atoms with Gasteiger partial charge in [-0.15, -0.1) is 11.3 Å². The Kier molecular flexibility index (Phi) is 2.69. The van der Waals surface area contributed by atoms with Crippen LogP contribution >= 0.6 is 33.9 Å². The molecule has 0 unspecified atom stereocenters. The molecule has 0 saturated carbocycles. The van der Waals surface area contributed by atoms with Crippen molar-refractivity contribution >= 4 is 50.1 Å². The number of fused-ring (bicyclic) bond motifs is 1. The van der Waals surface area contributed by atoms with E-state index in [1.807, 2.05) is 12.1 Å². The number of hydrogen-bond acceptors (Lipinski definition) is 4. The molecule has 0 aliphatic heterocycles. The standard InChI is InChI=1S/C9H6INO2S/c1-13-8(12)5-3-2-4-6-7(5)14-9(10)11-6/h2-4H,1H3. The number of hydrogen-bond donors (Lipinski definition) is 0. The third-order valence-electron chi connectivity index (χ3n) is 1.79. The Balaban J connectivity index is 2.70. The summed E-state index contributed by atoms with van der Waals surface area (Å²) in [5, 5.41) is 0. The molecule has 1 aromatic heterocycles. The molecule has 0 N–H and O–H groups in total. The largest absolute Gasteiger partial charge is 0.465 e. The van der Waals surface area contributed by atoms with Crippen LogP contribution in [0.5, 0.6) is 0 Å². The molecule has 0 fully saturated rings. The number of esters is 1. The van der Waals surface area contributed by atoms with Gasteiger partial charge in [-0.05, 0) is 34.7 Å². The minimum absolute atomic E-state index is 0.310. The first-order valence-corrected chi connectivity index (χ1v) is 5.75. The number of halogens is 1. The number of nitrogens with zero attached hydrogens (tertiary/aromatic N) is 1. The van der Waals surface area contributed by atoms with E-state index in [9.17, 15) is 4.79 Å². The van der Waals surface area contributed by atoms with Crippen molar-refractivity contribution in [3.05, 3.63) is 26.8 Å². The second-order valence-electron chi connectivity index (χ2n) is 2.61. The number of carbonyl (C=O) groups is 1. The lowest BCUT2D eigenvalue weighted by Gasteiger charge is -1.98. The van der Waals surface area contributed by atoms with Crippen LogP contribution in [0.15, 0.2) is 18.2 Å². The Bertz CT molecular complexity index is 495. The third-order valence-corrected chi connectivity index (χ3v) is 3.59. The van der Waals surface area contributed by atoms with Crippen molar-refractivity contribution in [2.24, 2.45) is 0 Å². The Morgan fingerprint density at radius 3 is 3.07 bits per heavy atom. The molecule has 2 aromatic rings. The van der Waals surface area contributed by atoms with Crippen LogP contribution in [-0.2, 0) is 4.74 Å². The lowest BCUT2D eigenvalue weighted by Crippen LogP contribution is -2.00. The number of aromatic nitrogens is 1. The molecule has 0 radical (unpaired) electrons. The van der Waals surface area contributed by atoms with Crippen molar-refractivity contribution in [3.63, 3.8) is 0 Å². The van der Waals surface area contributed by atoms with Gasteiger partial charge in [0.15, 0.2) is 3.01 Å². The molecule has 0 aliphatic rings. The number of rotatable bonds is 1. The predicted molar refractivity (Wildman–Crippen MR) is 63.7 cm³/mol. The van der Waals surface area contributed by atoms with Crippen molar-refractivity contribution in [1.29, 1.82) is 0 Å². The molecule has 72 valence electrons. The summed E-state index contributed by atoms with van der Waals surface area (Å²) in [4.78, 5) is 15.7. The zero-order chi connectivity index (χ0) is 10.1. The second-order valence-corrected chi connectivity index (χ2v) is 5.37. The van der Waals surface area contributed by atoms with Crippen LogP contribution in [-0.4, -0.2) is 18.1 Å². The van der Waals surface area contributed by atoms with Crippen LogP contribution in [0.25, 0.3) is 10.2 Å². The first-order valence-electron chi connectivity index (χ1n) is 3.85. The summed E-state index contributed by atoms with van der Waals surface area (Å²) in [7, 11) is 1.38. The summed E-state index contributed by atoms with van der Waals surface area (Å²) in [6, 6.07) is 5.45. The maximum absolute atomic E-state index is 11.4. The zero-order valence-electron chi connectivity index (χ0n) is 7.28. The van der Waals surface area contributed by atoms with E-state index in [1.165, 1.54) is 18.4 Å². The van der Waals surface area contributed by atoms with E-state index in [1.54, 1.807) is 6.07 Å². The van der Waals surface area contributed by atoms with E-state index in [0.29, 0.717) is 5.56 Å². The Hall–Kier alpha value is -0.690. The molecule has 3 nitrogen and oxygen atoms in total. The Morgan fingerprint density at radius 2 is 2.36 bits per heavy atom. The molecule has 1 aromatic carbocycles. The molecule has 1 heterocycles. The van der Waals surface area contributed by atoms with E-state index in [-0.39, 0.29) is 5.97 Å². The Labute approximate surface area is 98.2 Å². The highest BCUT2D eigenvalue weighted by Crippen LogP contribution is 2.26. The van der Waals surface area contributed by atoms with Gasteiger partial charge in [-0.25, -0.2) is 9.78 Å². The second kappa shape index (κ2) is 3.82. The molecule has 0 bridgehead atoms. The van der Waals surface area contributed by atoms with Gasteiger partial charge in [0.25, 0.3) is 0 Å². The molecule has 0 atom stereocenters. The third kappa shape index (κ3) is 1.61. The van der Waals surface area contributed by atoms with Crippen molar-refractivity contribution < 1.29 is 9.53 Å². The SMILES string of the molecule is COC(=O)c1cccc2nc(I)sc12. The van der Waals surface area contributed by atoms with Gasteiger partial charge < -0.3 is 4.74 Å². The number of methoxy groups -OCH3 is 1. The van der Waals surface area contributed by atoms with Crippen LogP contribution in [0.4, 0.5) is 0 Å². The van der Waals surface area contributed by atoms with Gasteiger partial charge in [0.05, 0.1) is 22.9 Å². The van der Waals surface area contributed by atoms with E-state index in [2.05, 4.69) is 27.6 Å². The topological polar surface area (TPSA) is 39.2 Å². The number of thiazole rings is 1. The van der Waals surface area contributed by atoms with Gasteiger partial charge in [-0.1, -0.05) is 6.07 Å². The Morgan fingerprint density at radius 1 is 1.57 bits per heavy atom. The minimum atomic E-state index is -0.310. The fraction of sp³-hybridized carbons (Fsp3) is 0.111. The first kappa shape index (κ1) is 9.85. The average Bonchev–Trinajstić information content (AvgIpc) is 2.56. The van der Waals surface area contributed by atoms with Crippen LogP contribution in [0.3, 0.4) is 0 Å². The van der Waals surface area contributed by atoms with Crippen molar-refractivity contribution in [1.82, 2.24) is 4.98 Å². The molecule has 0 spiro atoms. The van der Waals surface area contributed by atoms with Crippen LogP contribution < -0.4 is 0 Å². The summed E-state index contributed by atoms with van der Waals surface area (Å²) in [6.45, 7) is 0. The summed E-state index contributed by atoms with van der Waals surface area (Å²) < 4.78 is 6.51. The predicted octanol–water partition coefficient (Wildman–Crippen LogP) is 2.69. The van der Waals surface area contributed by atoms with Crippen molar-refractivity contribution in [2.75, 3.05) is 7.11 Å². The highest BCUT2D eigenvalue weighted by Gasteiger charge is 2.12. The van der Waals surface area contributed by atoms with Crippen LogP contribution in [0.2, 0.25) is 0 Å². The lowest BCUT2D eigenvalue weighted by atomic mass is 10.2. The van der Waals surface area contributed by atoms with Crippen molar-refractivity contribution in [2.45, 2.75) is 0 Å². The van der Waals surface area contributed by atoms with E-state index in [4.69, 9.17) is 4.74 Å².